The van der Waals surface area contributed by atoms with Crippen LogP contribution in [-0.4, -0.2) is 28.9 Å². The molecule has 1 atom stereocenters. The second-order valence-corrected chi connectivity index (χ2v) is 2.88. The van der Waals surface area contributed by atoms with Crippen LogP contribution in [0, 0.1) is 0 Å². The lowest BCUT2D eigenvalue weighted by Gasteiger charge is -2.17. The second-order valence-electron chi connectivity index (χ2n) is 2.40. The minimum absolute atomic E-state index is 0.0208. The van der Waals surface area contributed by atoms with Crippen molar-refractivity contribution in [2.45, 2.75) is 18.9 Å². The van der Waals surface area contributed by atoms with E-state index in [-0.39, 0.29) is 6.04 Å². The van der Waals surface area contributed by atoms with Gasteiger partial charge in [-0.15, -0.1) is 0 Å². The van der Waals surface area contributed by atoms with Gasteiger partial charge in [-0.25, -0.2) is 0 Å². The van der Waals surface area contributed by atoms with Crippen molar-refractivity contribution in [1.82, 2.24) is 4.90 Å². The first-order valence-corrected chi connectivity index (χ1v) is 3.67. The molecular formula is C6H10N2OS. The summed E-state index contributed by atoms with van der Waals surface area (Å²) >= 11 is 4.78. The lowest BCUT2D eigenvalue weighted by Crippen LogP contribution is -2.38. The van der Waals surface area contributed by atoms with Crippen molar-refractivity contribution in [3.05, 3.63) is 0 Å². The molecule has 10 heavy (non-hydrogen) atoms. The van der Waals surface area contributed by atoms with Gasteiger partial charge in [-0.3, -0.25) is 4.79 Å². The summed E-state index contributed by atoms with van der Waals surface area (Å²) in [6, 6.07) is 0.0208. The van der Waals surface area contributed by atoms with Crippen LogP contribution in [0.5, 0.6) is 0 Å². The van der Waals surface area contributed by atoms with Gasteiger partial charge in [-0.2, -0.15) is 0 Å². The van der Waals surface area contributed by atoms with E-state index in [0.29, 0.717) is 4.99 Å². The topological polar surface area (TPSA) is 46.3 Å². The SMILES string of the molecule is NC(=S)C1CCCN1C=O. The smallest absolute Gasteiger partial charge is 0.210 e. The molecule has 1 amide bonds. The first-order chi connectivity index (χ1) is 4.75. The van der Waals surface area contributed by atoms with Crippen LogP contribution in [0.4, 0.5) is 0 Å². The summed E-state index contributed by atoms with van der Waals surface area (Å²) in [5.41, 5.74) is 5.39. The third-order valence-electron chi connectivity index (χ3n) is 1.76. The number of amides is 1. The number of thiocarbonyl (C=S) groups is 1. The van der Waals surface area contributed by atoms with Gasteiger partial charge in [0.05, 0.1) is 11.0 Å². The first-order valence-electron chi connectivity index (χ1n) is 3.26. The van der Waals surface area contributed by atoms with Crippen LogP contribution in [0.1, 0.15) is 12.8 Å². The zero-order valence-electron chi connectivity index (χ0n) is 5.62. The Bertz CT molecular complexity index is 160. The molecular weight excluding hydrogens is 148 g/mol. The zero-order chi connectivity index (χ0) is 7.56. The van der Waals surface area contributed by atoms with Crippen molar-refractivity contribution < 1.29 is 4.79 Å². The van der Waals surface area contributed by atoms with Crippen LogP contribution in [0.15, 0.2) is 0 Å². The largest absolute Gasteiger partial charge is 0.392 e. The molecule has 1 aliphatic heterocycles. The average Bonchev–Trinajstić information content (AvgIpc) is 2.33. The lowest BCUT2D eigenvalue weighted by atomic mass is 10.2. The molecule has 0 aromatic carbocycles. The Balaban J connectivity index is 2.58. The molecule has 2 N–H and O–H groups in total. The molecule has 1 fully saturated rings. The maximum absolute atomic E-state index is 10.3. The quantitative estimate of drug-likeness (QED) is 0.450. The highest BCUT2D eigenvalue weighted by molar-refractivity contribution is 7.80. The van der Waals surface area contributed by atoms with E-state index < -0.39 is 0 Å². The van der Waals surface area contributed by atoms with Gasteiger partial charge in [-0.05, 0) is 12.8 Å². The van der Waals surface area contributed by atoms with Crippen LogP contribution in [-0.2, 0) is 4.79 Å². The van der Waals surface area contributed by atoms with Crippen molar-refractivity contribution in [2.24, 2.45) is 5.73 Å². The summed E-state index contributed by atoms with van der Waals surface area (Å²) in [6.45, 7) is 0.797. The van der Waals surface area contributed by atoms with E-state index in [1.54, 1.807) is 4.90 Å². The molecule has 1 rings (SSSR count). The van der Waals surface area contributed by atoms with Crippen molar-refractivity contribution in [1.29, 1.82) is 0 Å². The number of hydrogen-bond donors (Lipinski definition) is 1. The number of likely N-dealkylation sites (tertiary alicyclic amines) is 1. The maximum atomic E-state index is 10.3. The number of carbonyl (C=O) groups excluding carboxylic acids is 1. The van der Waals surface area contributed by atoms with Crippen LogP contribution >= 0.6 is 12.2 Å². The molecule has 0 radical (unpaired) electrons. The Morgan fingerprint density at radius 1 is 1.80 bits per heavy atom. The van der Waals surface area contributed by atoms with Gasteiger partial charge in [0.1, 0.15) is 0 Å². The molecule has 0 aliphatic carbocycles. The Labute approximate surface area is 65.2 Å². The molecule has 1 aliphatic rings. The summed E-state index contributed by atoms with van der Waals surface area (Å²) in [7, 11) is 0. The van der Waals surface area contributed by atoms with E-state index >= 15 is 0 Å². The third-order valence-corrected chi connectivity index (χ3v) is 2.03. The summed E-state index contributed by atoms with van der Waals surface area (Å²) in [5, 5.41) is 0. The van der Waals surface area contributed by atoms with Crippen molar-refractivity contribution in [3.8, 4) is 0 Å². The third kappa shape index (κ3) is 1.26. The fraction of sp³-hybridized carbons (Fsp3) is 0.667. The van der Waals surface area contributed by atoms with E-state index in [0.717, 1.165) is 25.8 Å². The van der Waals surface area contributed by atoms with Crippen LogP contribution < -0.4 is 5.73 Å². The predicted molar refractivity (Wildman–Crippen MR) is 42.6 cm³/mol. The van der Waals surface area contributed by atoms with E-state index in [1.165, 1.54) is 0 Å². The van der Waals surface area contributed by atoms with Crippen molar-refractivity contribution in [2.75, 3.05) is 6.54 Å². The van der Waals surface area contributed by atoms with Crippen LogP contribution in [0.2, 0.25) is 0 Å². The van der Waals surface area contributed by atoms with Gasteiger partial charge >= 0.3 is 0 Å². The molecule has 1 saturated heterocycles. The van der Waals surface area contributed by atoms with E-state index in [2.05, 4.69) is 0 Å². The molecule has 56 valence electrons. The van der Waals surface area contributed by atoms with Crippen molar-refractivity contribution in [3.63, 3.8) is 0 Å². The Morgan fingerprint density at radius 2 is 2.50 bits per heavy atom. The Hall–Kier alpha value is -0.640. The summed E-state index contributed by atoms with van der Waals surface area (Å²) in [5.74, 6) is 0. The fourth-order valence-corrected chi connectivity index (χ4v) is 1.47. The van der Waals surface area contributed by atoms with E-state index in [1.807, 2.05) is 0 Å². The number of rotatable bonds is 2. The van der Waals surface area contributed by atoms with Gasteiger partial charge < -0.3 is 10.6 Å². The van der Waals surface area contributed by atoms with Gasteiger partial charge in [0.15, 0.2) is 0 Å². The number of nitrogens with two attached hydrogens (primary N) is 1. The molecule has 0 aromatic rings. The molecule has 0 saturated carbocycles. The highest BCUT2D eigenvalue weighted by atomic mass is 32.1. The van der Waals surface area contributed by atoms with Crippen molar-refractivity contribution >= 4 is 23.6 Å². The second kappa shape index (κ2) is 2.96. The Kier molecular flexibility index (Phi) is 2.21. The standard InChI is InChI=1S/C6H10N2OS/c7-6(10)5-2-1-3-8(5)4-9/h4-5H,1-3H2,(H2,7,10). The monoisotopic (exact) mass is 158 g/mol. The zero-order valence-corrected chi connectivity index (χ0v) is 6.43. The highest BCUT2D eigenvalue weighted by Crippen LogP contribution is 2.14. The van der Waals surface area contributed by atoms with Gasteiger partial charge in [-0.1, -0.05) is 12.2 Å². The number of hydrogen-bond acceptors (Lipinski definition) is 2. The summed E-state index contributed by atoms with van der Waals surface area (Å²) in [4.78, 5) is 12.4. The molecule has 3 nitrogen and oxygen atoms in total. The molecule has 0 aromatic heterocycles. The predicted octanol–water partition coefficient (Wildman–Crippen LogP) is -0.107. The minimum atomic E-state index is 0.0208. The van der Waals surface area contributed by atoms with E-state index in [4.69, 9.17) is 18.0 Å². The van der Waals surface area contributed by atoms with Gasteiger partial charge in [0.2, 0.25) is 6.41 Å². The number of carbonyl (C=O) groups is 1. The molecule has 0 spiro atoms. The van der Waals surface area contributed by atoms with Crippen LogP contribution in [0.3, 0.4) is 0 Å². The maximum Gasteiger partial charge on any atom is 0.210 e. The minimum Gasteiger partial charge on any atom is -0.392 e. The lowest BCUT2D eigenvalue weighted by molar-refractivity contribution is -0.117. The average molecular weight is 158 g/mol. The summed E-state index contributed by atoms with van der Waals surface area (Å²) in [6.07, 6.45) is 2.76. The first kappa shape index (κ1) is 7.47. The molecule has 1 heterocycles. The fourth-order valence-electron chi connectivity index (χ4n) is 1.22. The number of nitrogens with zero attached hydrogens (tertiary/aromatic N) is 1. The normalized spacial score (nSPS) is 24.8. The van der Waals surface area contributed by atoms with E-state index in [9.17, 15) is 4.79 Å². The Morgan fingerprint density at radius 3 is 2.90 bits per heavy atom. The summed E-state index contributed by atoms with van der Waals surface area (Å²) < 4.78 is 0. The molecule has 4 heteroatoms. The highest BCUT2D eigenvalue weighted by Gasteiger charge is 2.24. The van der Waals surface area contributed by atoms with Gasteiger partial charge in [0.25, 0.3) is 0 Å². The molecule has 0 bridgehead atoms. The van der Waals surface area contributed by atoms with Gasteiger partial charge in [0, 0.05) is 6.54 Å². The molecule has 1 unspecified atom stereocenters. The van der Waals surface area contributed by atoms with Crippen LogP contribution in [0.25, 0.3) is 0 Å².